The van der Waals surface area contributed by atoms with Crippen molar-refractivity contribution < 1.29 is 4.79 Å². The number of benzene rings is 2. The Morgan fingerprint density at radius 1 is 1.08 bits per heavy atom. The molecule has 0 fully saturated rings. The Bertz CT molecular complexity index is 852. The fourth-order valence-corrected chi connectivity index (χ4v) is 3.00. The number of rotatable bonds is 7. The lowest BCUT2D eigenvalue weighted by molar-refractivity contribution is 0.0952. The normalized spacial score (nSPS) is 11.2. The highest BCUT2D eigenvalue weighted by atomic mass is 16.1. The van der Waals surface area contributed by atoms with Crippen LogP contribution in [-0.4, -0.2) is 34.1 Å². The van der Waals surface area contributed by atoms with E-state index in [-0.39, 0.29) is 5.91 Å². The lowest BCUT2D eigenvalue weighted by Crippen LogP contribution is -2.26. The van der Waals surface area contributed by atoms with Gasteiger partial charge >= 0.3 is 0 Å². The maximum Gasteiger partial charge on any atom is 0.253 e. The van der Waals surface area contributed by atoms with Crippen LogP contribution < -0.4 is 5.32 Å². The topological polar surface area (TPSA) is 61.0 Å². The van der Waals surface area contributed by atoms with E-state index in [4.69, 9.17) is 0 Å². The first-order valence-electron chi connectivity index (χ1n) is 8.72. The Hall–Kier alpha value is -2.66. The van der Waals surface area contributed by atoms with Crippen LogP contribution in [0.5, 0.6) is 0 Å². The standard InChI is InChI=1S/C20H24N4O/c1-3-24(4-2)14-17-9-6-5-8-15(17)12-21-20(25)18-11-7-10-16-13-22-23-19(16)18/h5-11,13H,3-4,12,14H2,1-2H3,(H,21,25)(H,22,23). The van der Waals surface area contributed by atoms with Crippen LogP contribution in [0.2, 0.25) is 0 Å². The zero-order chi connectivity index (χ0) is 17.6. The van der Waals surface area contributed by atoms with E-state index in [9.17, 15) is 4.79 Å². The molecule has 0 unspecified atom stereocenters. The smallest absolute Gasteiger partial charge is 0.253 e. The van der Waals surface area contributed by atoms with Gasteiger partial charge in [0, 0.05) is 18.5 Å². The van der Waals surface area contributed by atoms with Crippen molar-refractivity contribution in [1.82, 2.24) is 20.4 Å². The summed E-state index contributed by atoms with van der Waals surface area (Å²) >= 11 is 0. The number of nitrogens with zero attached hydrogens (tertiary/aromatic N) is 2. The number of nitrogens with one attached hydrogen (secondary N) is 2. The lowest BCUT2D eigenvalue weighted by atomic mass is 10.1. The summed E-state index contributed by atoms with van der Waals surface area (Å²) in [4.78, 5) is 15.0. The van der Waals surface area contributed by atoms with Gasteiger partial charge in [0.05, 0.1) is 17.3 Å². The van der Waals surface area contributed by atoms with Crippen molar-refractivity contribution in [3.63, 3.8) is 0 Å². The van der Waals surface area contributed by atoms with E-state index in [1.165, 1.54) is 5.56 Å². The van der Waals surface area contributed by atoms with Crippen LogP contribution in [-0.2, 0) is 13.1 Å². The summed E-state index contributed by atoms with van der Waals surface area (Å²) in [6.45, 7) is 7.77. The van der Waals surface area contributed by atoms with Crippen LogP contribution in [0.25, 0.3) is 10.9 Å². The molecule has 0 bridgehead atoms. The summed E-state index contributed by atoms with van der Waals surface area (Å²) in [6, 6.07) is 13.9. The Morgan fingerprint density at radius 3 is 2.60 bits per heavy atom. The summed E-state index contributed by atoms with van der Waals surface area (Å²) in [5.74, 6) is -0.0903. The summed E-state index contributed by atoms with van der Waals surface area (Å²) in [7, 11) is 0. The number of para-hydroxylation sites is 1. The third-order valence-electron chi connectivity index (χ3n) is 4.57. The maximum absolute atomic E-state index is 12.6. The molecule has 130 valence electrons. The summed E-state index contributed by atoms with van der Waals surface area (Å²) in [6.07, 6.45) is 1.73. The van der Waals surface area contributed by atoms with Gasteiger partial charge in [0.2, 0.25) is 0 Å². The van der Waals surface area contributed by atoms with Gasteiger partial charge < -0.3 is 5.32 Å². The zero-order valence-corrected chi connectivity index (χ0v) is 14.7. The Labute approximate surface area is 148 Å². The monoisotopic (exact) mass is 336 g/mol. The fraction of sp³-hybridized carbons (Fsp3) is 0.300. The van der Waals surface area contributed by atoms with Crippen molar-refractivity contribution in [1.29, 1.82) is 0 Å². The molecular formula is C20H24N4O. The van der Waals surface area contributed by atoms with Gasteiger partial charge in [-0.25, -0.2) is 0 Å². The third-order valence-corrected chi connectivity index (χ3v) is 4.57. The Morgan fingerprint density at radius 2 is 1.84 bits per heavy atom. The average Bonchev–Trinajstić information content (AvgIpc) is 3.13. The number of aromatic amines is 1. The molecule has 2 aromatic carbocycles. The van der Waals surface area contributed by atoms with E-state index in [2.05, 4.69) is 52.5 Å². The molecule has 0 atom stereocenters. The minimum atomic E-state index is -0.0903. The molecule has 2 N–H and O–H groups in total. The summed E-state index contributed by atoms with van der Waals surface area (Å²) in [5, 5.41) is 10.9. The van der Waals surface area contributed by atoms with Gasteiger partial charge in [-0.3, -0.25) is 14.8 Å². The van der Waals surface area contributed by atoms with E-state index in [1.807, 2.05) is 24.3 Å². The van der Waals surface area contributed by atoms with Crippen molar-refractivity contribution in [3.05, 3.63) is 65.4 Å². The van der Waals surface area contributed by atoms with Gasteiger partial charge in [0.25, 0.3) is 5.91 Å². The second-order valence-electron chi connectivity index (χ2n) is 6.05. The number of carbonyl (C=O) groups excluding carboxylic acids is 1. The second kappa shape index (κ2) is 7.94. The van der Waals surface area contributed by atoms with E-state index >= 15 is 0 Å². The van der Waals surface area contributed by atoms with Gasteiger partial charge in [-0.2, -0.15) is 5.10 Å². The SMILES string of the molecule is CCN(CC)Cc1ccccc1CNC(=O)c1cccc2cn[nH]c12. The quantitative estimate of drug-likeness (QED) is 0.696. The van der Waals surface area contributed by atoms with Crippen molar-refractivity contribution >= 4 is 16.8 Å². The van der Waals surface area contributed by atoms with Gasteiger partial charge in [-0.15, -0.1) is 0 Å². The fourth-order valence-electron chi connectivity index (χ4n) is 3.00. The predicted molar refractivity (Wildman–Crippen MR) is 100 cm³/mol. The molecule has 1 heterocycles. The first kappa shape index (κ1) is 17.2. The van der Waals surface area contributed by atoms with E-state index in [0.717, 1.165) is 36.1 Å². The van der Waals surface area contributed by atoms with Crippen LogP contribution in [0.1, 0.15) is 35.3 Å². The molecule has 1 amide bonds. The van der Waals surface area contributed by atoms with Crippen molar-refractivity contribution in [2.75, 3.05) is 13.1 Å². The molecule has 25 heavy (non-hydrogen) atoms. The first-order chi connectivity index (χ1) is 12.2. The molecule has 3 aromatic rings. The number of hydrogen-bond donors (Lipinski definition) is 2. The molecule has 0 aliphatic rings. The molecule has 0 saturated carbocycles. The highest BCUT2D eigenvalue weighted by molar-refractivity contribution is 6.05. The molecule has 0 saturated heterocycles. The molecule has 0 spiro atoms. The molecule has 1 aromatic heterocycles. The first-order valence-corrected chi connectivity index (χ1v) is 8.72. The van der Waals surface area contributed by atoms with Crippen molar-refractivity contribution in [2.24, 2.45) is 0 Å². The van der Waals surface area contributed by atoms with Crippen LogP contribution in [0.15, 0.2) is 48.7 Å². The second-order valence-corrected chi connectivity index (χ2v) is 6.05. The predicted octanol–water partition coefficient (Wildman–Crippen LogP) is 3.33. The van der Waals surface area contributed by atoms with Crippen LogP contribution in [0.4, 0.5) is 0 Å². The lowest BCUT2D eigenvalue weighted by Gasteiger charge is -2.20. The summed E-state index contributed by atoms with van der Waals surface area (Å²) in [5.41, 5.74) is 3.80. The van der Waals surface area contributed by atoms with Crippen molar-refractivity contribution in [3.8, 4) is 0 Å². The van der Waals surface area contributed by atoms with Crippen LogP contribution in [0, 0.1) is 0 Å². The van der Waals surface area contributed by atoms with Crippen LogP contribution >= 0.6 is 0 Å². The number of carbonyl (C=O) groups is 1. The molecule has 0 radical (unpaired) electrons. The number of amides is 1. The number of aromatic nitrogens is 2. The minimum absolute atomic E-state index is 0.0903. The average molecular weight is 336 g/mol. The summed E-state index contributed by atoms with van der Waals surface area (Å²) < 4.78 is 0. The maximum atomic E-state index is 12.6. The number of H-pyrrole nitrogens is 1. The van der Waals surface area contributed by atoms with Gasteiger partial charge in [-0.05, 0) is 30.3 Å². The Kier molecular flexibility index (Phi) is 5.46. The molecule has 5 nitrogen and oxygen atoms in total. The molecular weight excluding hydrogens is 312 g/mol. The van der Waals surface area contributed by atoms with E-state index in [1.54, 1.807) is 6.20 Å². The zero-order valence-electron chi connectivity index (χ0n) is 14.7. The highest BCUT2D eigenvalue weighted by Crippen LogP contribution is 2.16. The van der Waals surface area contributed by atoms with Crippen LogP contribution in [0.3, 0.4) is 0 Å². The van der Waals surface area contributed by atoms with Crippen molar-refractivity contribution in [2.45, 2.75) is 26.9 Å². The molecule has 0 aliphatic carbocycles. The molecule has 3 rings (SSSR count). The highest BCUT2D eigenvalue weighted by Gasteiger charge is 2.12. The molecule has 0 aliphatic heterocycles. The number of hydrogen-bond acceptors (Lipinski definition) is 3. The minimum Gasteiger partial charge on any atom is -0.348 e. The Balaban J connectivity index is 1.73. The number of fused-ring (bicyclic) bond motifs is 1. The van der Waals surface area contributed by atoms with Gasteiger partial charge in [0.1, 0.15) is 0 Å². The van der Waals surface area contributed by atoms with E-state index in [0.29, 0.717) is 12.1 Å². The van der Waals surface area contributed by atoms with Gasteiger partial charge in [0.15, 0.2) is 0 Å². The van der Waals surface area contributed by atoms with Gasteiger partial charge in [-0.1, -0.05) is 50.2 Å². The van der Waals surface area contributed by atoms with E-state index < -0.39 is 0 Å². The molecule has 5 heteroatoms. The largest absolute Gasteiger partial charge is 0.348 e. The third kappa shape index (κ3) is 3.88.